The van der Waals surface area contributed by atoms with E-state index in [9.17, 15) is 28.3 Å². The van der Waals surface area contributed by atoms with Crippen molar-refractivity contribution in [2.75, 3.05) is 13.7 Å². The number of esters is 1. The van der Waals surface area contributed by atoms with Crippen molar-refractivity contribution in [1.82, 2.24) is 14.9 Å². The van der Waals surface area contributed by atoms with Crippen LogP contribution in [0.3, 0.4) is 0 Å². The Morgan fingerprint density at radius 3 is 2.69 bits per heavy atom. The van der Waals surface area contributed by atoms with Crippen molar-refractivity contribution in [3.05, 3.63) is 57.8 Å². The lowest BCUT2D eigenvalue weighted by Gasteiger charge is -2.22. The van der Waals surface area contributed by atoms with Crippen molar-refractivity contribution in [2.45, 2.75) is 25.0 Å². The Morgan fingerprint density at radius 1 is 1.34 bits per heavy atom. The van der Waals surface area contributed by atoms with Gasteiger partial charge in [0.15, 0.2) is 5.69 Å². The van der Waals surface area contributed by atoms with Crippen LogP contribution in [0.5, 0.6) is 5.75 Å². The molecule has 1 aliphatic rings. The van der Waals surface area contributed by atoms with Crippen molar-refractivity contribution < 1.29 is 33.0 Å². The van der Waals surface area contributed by atoms with Crippen molar-refractivity contribution >= 4 is 12.1 Å². The molecule has 1 amide bonds. The van der Waals surface area contributed by atoms with E-state index < -0.39 is 54.0 Å². The third kappa shape index (κ3) is 4.33. The summed E-state index contributed by atoms with van der Waals surface area (Å²) in [5.74, 6) is -5.79. The number of amides is 1. The Morgan fingerprint density at radius 2 is 2.03 bits per heavy atom. The van der Waals surface area contributed by atoms with Crippen LogP contribution in [0.2, 0.25) is 0 Å². The fourth-order valence-corrected chi connectivity index (χ4v) is 2.94. The fourth-order valence-electron chi connectivity index (χ4n) is 2.94. The number of aromatic nitrogens is 2. The molecular weight excluding hydrogens is 392 g/mol. The second-order valence-electron chi connectivity index (χ2n) is 6.38. The maximum atomic E-state index is 14.0. The van der Waals surface area contributed by atoms with Gasteiger partial charge in [0.1, 0.15) is 12.4 Å². The molecule has 0 bridgehead atoms. The number of nitrogens with zero attached hydrogens (tertiary/aromatic N) is 2. The number of carbonyl (C=O) groups excluding carboxylic acids is 2. The number of carbonyl (C=O) groups is 2. The van der Waals surface area contributed by atoms with Gasteiger partial charge < -0.3 is 19.6 Å². The zero-order valence-electron chi connectivity index (χ0n) is 15.2. The highest BCUT2D eigenvalue weighted by Crippen LogP contribution is 2.40. The van der Waals surface area contributed by atoms with Gasteiger partial charge in [-0.05, 0) is 5.56 Å². The standard InChI is InChI=1S/C18H17F2N3O6/c1-28-16(26)12-13(24)15(25)22-14(21-12)11-7-18(19,20)9-23(11)17(27)29-8-10-5-3-2-4-6-10/h2-6,11,24H,7-9H2,1H3,(H,21,22,25). The van der Waals surface area contributed by atoms with Gasteiger partial charge >= 0.3 is 12.1 Å². The van der Waals surface area contributed by atoms with Gasteiger partial charge in [-0.1, -0.05) is 30.3 Å². The number of methoxy groups -OCH3 is 1. The number of aromatic hydroxyl groups is 1. The summed E-state index contributed by atoms with van der Waals surface area (Å²) in [7, 11) is 1.00. The first kappa shape index (κ1) is 20.2. The minimum atomic E-state index is -3.27. The van der Waals surface area contributed by atoms with Gasteiger partial charge in [0, 0.05) is 6.42 Å². The van der Waals surface area contributed by atoms with Gasteiger partial charge in [-0.15, -0.1) is 0 Å². The van der Waals surface area contributed by atoms with Crippen LogP contribution in [0.25, 0.3) is 0 Å². The SMILES string of the molecule is COC(=O)c1nc(C2CC(F)(F)CN2C(=O)OCc2ccccc2)[nH]c(=O)c1O. The molecule has 3 rings (SSSR count). The van der Waals surface area contributed by atoms with Gasteiger partial charge in [0.2, 0.25) is 5.75 Å². The molecule has 29 heavy (non-hydrogen) atoms. The first-order chi connectivity index (χ1) is 13.7. The predicted octanol–water partition coefficient (Wildman–Crippen LogP) is 1.98. The Hall–Kier alpha value is -3.50. The van der Waals surface area contributed by atoms with E-state index in [1.807, 2.05) is 0 Å². The third-order valence-corrected chi connectivity index (χ3v) is 4.32. The van der Waals surface area contributed by atoms with Crippen molar-refractivity contribution in [3.8, 4) is 5.75 Å². The number of hydrogen-bond donors (Lipinski definition) is 2. The van der Waals surface area contributed by atoms with Gasteiger partial charge in [-0.2, -0.15) is 0 Å². The van der Waals surface area contributed by atoms with E-state index in [2.05, 4.69) is 14.7 Å². The number of hydrogen-bond acceptors (Lipinski definition) is 7. The maximum Gasteiger partial charge on any atom is 0.410 e. The van der Waals surface area contributed by atoms with Gasteiger partial charge in [0.05, 0.1) is 19.7 Å². The van der Waals surface area contributed by atoms with E-state index in [0.717, 1.165) is 12.0 Å². The fraction of sp³-hybridized carbons (Fsp3) is 0.333. The first-order valence-corrected chi connectivity index (χ1v) is 8.48. The molecule has 1 aromatic carbocycles. The number of halogens is 2. The van der Waals surface area contributed by atoms with Gasteiger partial charge in [0.25, 0.3) is 11.5 Å². The molecule has 1 aliphatic heterocycles. The van der Waals surface area contributed by atoms with Crippen molar-refractivity contribution in [1.29, 1.82) is 0 Å². The minimum absolute atomic E-state index is 0.137. The zero-order valence-corrected chi connectivity index (χ0v) is 15.2. The first-order valence-electron chi connectivity index (χ1n) is 8.48. The van der Waals surface area contributed by atoms with Gasteiger partial charge in [-0.25, -0.2) is 23.4 Å². The number of likely N-dealkylation sites (tertiary alicyclic amines) is 1. The molecule has 0 radical (unpaired) electrons. The molecule has 9 nitrogen and oxygen atoms in total. The number of rotatable bonds is 4. The second-order valence-corrected chi connectivity index (χ2v) is 6.38. The summed E-state index contributed by atoms with van der Waals surface area (Å²) in [6.45, 7) is -1.09. The molecule has 2 N–H and O–H groups in total. The predicted molar refractivity (Wildman–Crippen MR) is 93.5 cm³/mol. The molecule has 154 valence electrons. The number of aromatic amines is 1. The molecule has 1 fully saturated rings. The lowest BCUT2D eigenvalue weighted by atomic mass is 10.1. The van der Waals surface area contributed by atoms with E-state index in [-0.39, 0.29) is 12.4 Å². The van der Waals surface area contributed by atoms with E-state index in [1.54, 1.807) is 30.3 Å². The zero-order chi connectivity index (χ0) is 21.2. The summed E-state index contributed by atoms with van der Waals surface area (Å²) in [5, 5.41) is 9.69. The molecule has 0 spiro atoms. The number of H-pyrrole nitrogens is 1. The largest absolute Gasteiger partial charge is 0.501 e. The average molecular weight is 409 g/mol. The van der Waals surface area contributed by atoms with Crippen LogP contribution in [0.4, 0.5) is 13.6 Å². The average Bonchev–Trinajstić information content (AvgIpc) is 3.04. The summed E-state index contributed by atoms with van der Waals surface area (Å²) in [5.41, 5.74) is -1.20. The van der Waals surface area contributed by atoms with Crippen LogP contribution in [-0.2, 0) is 16.1 Å². The Labute approximate surface area is 162 Å². The highest BCUT2D eigenvalue weighted by atomic mass is 19.3. The lowest BCUT2D eigenvalue weighted by Crippen LogP contribution is -2.34. The van der Waals surface area contributed by atoms with E-state index >= 15 is 0 Å². The van der Waals surface area contributed by atoms with Crippen LogP contribution < -0.4 is 5.56 Å². The molecule has 2 aromatic rings. The van der Waals surface area contributed by atoms with E-state index in [0.29, 0.717) is 5.56 Å². The number of ether oxygens (including phenoxy) is 2. The summed E-state index contributed by atoms with van der Waals surface area (Å²) < 4.78 is 37.6. The molecule has 1 unspecified atom stereocenters. The van der Waals surface area contributed by atoms with E-state index in [4.69, 9.17) is 4.74 Å². The molecule has 11 heteroatoms. The monoisotopic (exact) mass is 409 g/mol. The highest BCUT2D eigenvalue weighted by Gasteiger charge is 2.49. The summed E-state index contributed by atoms with van der Waals surface area (Å²) in [6, 6.07) is 7.26. The Kier molecular flexibility index (Phi) is 5.48. The van der Waals surface area contributed by atoms with Crippen LogP contribution >= 0.6 is 0 Å². The maximum absolute atomic E-state index is 14.0. The summed E-state index contributed by atoms with van der Waals surface area (Å²) in [6.07, 6.45) is -1.88. The number of alkyl halides is 2. The minimum Gasteiger partial charge on any atom is -0.501 e. The highest BCUT2D eigenvalue weighted by molar-refractivity contribution is 5.89. The van der Waals surface area contributed by atoms with Crippen LogP contribution in [0, 0.1) is 0 Å². The molecule has 0 saturated carbocycles. The topological polar surface area (TPSA) is 122 Å². The molecule has 1 atom stereocenters. The van der Waals surface area contributed by atoms with Crippen molar-refractivity contribution in [2.24, 2.45) is 0 Å². The third-order valence-electron chi connectivity index (χ3n) is 4.32. The summed E-state index contributed by atoms with van der Waals surface area (Å²) in [4.78, 5) is 42.6. The van der Waals surface area contributed by atoms with Crippen LogP contribution in [0.1, 0.15) is 34.3 Å². The molecule has 0 aliphatic carbocycles. The number of nitrogens with one attached hydrogen (secondary N) is 1. The van der Waals surface area contributed by atoms with Crippen molar-refractivity contribution in [3.63, 3.8) is 0 Å². The molecule has 2 heterocycles. The summed E-state index contributed by atoms with van der Waals surface area (Å²) >= 11 is 0. The van der Waals surface area contributed by atoms with Crippen LogP contribution in [-0.4, -0.2) is 51.6 Å². The Bertz CT molecular complexity index is 979. The number of benzene rings is 1. The second kappa shape index (κ2) is 7.86. The molecule has 1 aromatic heterocycles. The molecular formula is C18H17F2N3O6. The van der Waals surface area contributed by atoms with Crippen LogP contribution in [0.15, 0.2) is 35.1 Å². The lowest BCUT2D eigenvalue weighted by molar-refractivity contribution is 0.0101. The van der Waals surface area contributed by atoms with Gasteiger partial charge in [-0.3, -0.25) is 9.69 Å². The molecule has 1 saturated heterocycles. The quantitative estimate of drug-likeness (QED) is 0.741. The smallest absolute Gasteiger partial charge is 0.410 e. The Balaban J connectivity index is 1.88. The normalized spacial score (nSPS) is 17.8. The van der Waals surface area contributed by atoms with E-state index in [1.165, 1.54) is 0 Å².